The van der Waals surface area contributed by atoms with Crippen molar-refractivity contribution in [2.45, 2.75) is 19.4 Å². The number of nitrogens with one attached hydrogen (secondary N) is 1. The molecule has 7 nitrogen and oxygen atoms in total. The second kappa shape index (κ2) is 5.66. The normalized spacial score (nSPS) is 11.1. The van der Waals surface area contributed by atoms with Gasteiger partial charge in [-0.05, 0) is 26.0 Å². The summed E-state index contributed by atoms with van der Waals surface area (Å²) in [7, 11) is 1.57. The monoisotopic (exact) mass is 268 g/mol. The van der Waals surface area contributed by atoms with Crippen molar-refractivity contribution in [3.63, 3.8) is 0 Å². The predicted molar refractivity (Wildman–Crippen MR) is 69.6 cm³/mol. The molecule has 0 amide bonds. The lowest BCUT2D eigenvalue weighted by Gasteiger charge is -2.23. The molecule has 0 unspecified atom stereocenters. The van der Waals surface area contributed by atoms with Crippen LogP contribution in [-0.2, 0) is 4.74 Å². The van der Waals surface area contributed by atoms with E-state index < -0.39 is 22.2 Å². The van der Waals surface area contributed by atoms with Crippen molar-refractivity contribution in [1.82, 2.24) is 0 Å². The molecule has 0 aliphatic rings. The third-order valence-corrected chi connectivity index (χ3v) is 2.69. The molecule has 0 aliphatic heterocycles. The highest BCUT2D eigenvalue weighted by Crippen LogP contribution is 2.23. The van der Waals surface area contributed by atoms with E-state index in [0.717, 1.165) is 0 Å². The van der Waals surface area contributed by atoms with Gasteiger partial charge in [0.05, 0.1) is 10.5 Å². The number of carboxylic acids is 1. The SMILES string of the molecule is COC(C)(C)CNc1ccc([N+](=O)[O-])c(C(=O)O)c1. The smallest absolute Gasteiger partial charge is 0.342 e. The first-order chi connectivity index (χ1) is 8.76. The molecular weight excluding hydrogens is 252 g/mol. The number of hydrogen-bond donors (Lipinski definition) is 2. The summed E-state index contributed by atoms with van der Waals surface area (Å²) in [5.41, 5.74) is -0.701. The molecule has 0 radical (unpaired) electrons. The Hall–Kier alpha value is -2.15. The van der Waals surface area contributed by atoms with Crippen LogP contribution in [0.3, 0.4) is 0 Å². The van der Waals surface area contributed by atoms with Gasteiger partial charge in [-0.1, -0.05) is 0 Å². The van der Waals surface area contributed by atoms with Gasteiger partial charge in [0.15, 0.2) is 0 Å². The van der Waals surface area contributed by atoms with E-state index in [4.69, 9.17) is 9.84 Å². The molecule has 7 heteroatoms. The van der Waals surface area contributed by atoms with E-state index in [2.05, 4.69) is 5.32 Å². The number of benzene rings is 1. The highest BCUT2D eigenvalue weighted by atomic mass is 16.6. The molecule has 104 valence electrons. The Morgan fingerprint density at radius 3 is 2.63 bits per heavy atom. The van der Waals surface area contributed by atoms with Crippen molar-refractivity contribution in [3.05, 3.63) is 33.9 Å². The van der Waals surface area contributed by atoms with E-state index in [-0.39, 0.29) is 5.56 Å². The molecule has 1 aromatic rings. The maximum Gasteiger partial charge on any atom is 0.342 e. The molecule has 2 N–H and O–H groups in total. The first kappa shape index (κ1) is 14.9. The summed E-state index contributed by atoms with van der Waals surface area (Å²) in [5, 5.41) is 22.6. The molecule has 19 heavy (non-hydrogen) atoms. The van der Waals surface area contributed by atoms with Crippen LogP contribution in [0.5, 0.6) is 0 Å². The number of hydrogen-bond acceptors (Lipinski definition) is 5. The number of rotatable bonds is 6. The Morgan fingerprint density at radius 2 is 2.16 bits per heavy atom. The zero-order valence-corrected chi connectivity index (χ0v) is 11.0. The van der Waals surface area contributed by atoms with Crippen LogP contribution in [0.1, 0.15) is 24.2 Å². The number of nitro groups is 1. The number of anilines is 1. The summed E-state index contributed by atoms with van der Waals surface area (Å²) in [5.74, 6) is -1.33. The highest BCUT2D eigenvalue weighted by Gasteiger charge is 2.21. The first-order valence-electron chi connectivity index (χ1n) is 5.57. The van der Waals surface area contributed by atoms with Crippen LogP contribution < -0.4 is 5.32 Å². The molecule has 1 aromatic carbocycles. The highest BCUT2D eigenvalue weighted by molar-refractivity contribution is 5.93. The van der Waals surface area contributed by atoms with Crippen LogP contribution in [0.4, 0.5) is 11.4 Å². The fraction of sp³-hybridized carbons (Fsp3) is 0.417. The Morgan fingerprint density at radius 1 is 1.53 bits per heavy atom. The molecule has 1 rings (SSSR count). The maximum absolute atomic E-state index is 11.0. The number of nitro benzene ring substituents is 1. The number of aromatic carboxylic acids is 1. The van der Waals surface area contributed by atoms with Gasteiger partial charge in [-0.15, -0.1) is 0 Å². The van der Waals surface area contributed by atoms with E-state index in [0.29, 0.717) is 12.2 Å². The Balaban J connectivity index is 2.97. The average molecular weight is 268 g/mol. The number of nitrogens with zero attached hydrogens (tertiary/aromatic N) is 1. The summed E-state index contributed by atoms with van der Waals surface area (Å²) < 4.78 is 5.21. The van der Waals surface area contributed by atoms with Crippen molar-refractivity contribution in [1.29, 1.82) is 0 Å². The third-order valence-electron chi connectivity index (χ3n) is 2.69. The molecule has 0 heterocycles. The van der Waals surface area contributed by atoms with Crippen molar-refractivity contribution >= 4 is 17.3 Å². The van der Waals surface area contributed by atoms with Crippen LogP contribution in [-0.4, -0.2) is 35.3 Å². The van der Waals surface area contributed by atoms with Crippen molar-refractivity contribution in [3.8, 4) is 0 Å². The van der Waals surface area contributed by atoms with E-state index in [9.17, 15) is 14.9 Å². The Bertz CT molecular complexity index is 499. The maximum atomic E-state index is 11.0. The van der Waals surface area contributed by atoms with Crippen molar-refractivity contribution in [2.24, 2.45) is 0 Å². The average Bonchev–Trinajstić information content (AvgIpc) is 2.36. The predicted octanol–water partition coefficient (Wildman–Crippen LogP) is 2.13. The molecule has 0 fully saturated rings. The van der Waals surface area contributed by atoms with Gasteiger partial charge in [-0.3, -0.25) is 10.1 Å². The Kier molecular flexibility index (Phi) is 4.44. The number of ether oxygens (including phenoxy) is 1. The zero-order chi connectivity index (χ0) is 14.6. The third kappa shape index (κ3) is 3.92. The minimum absolute atomic E-state index is 0.342. The van der Waals surface area contributed by atoms with E-state index in [1.807, 2.05) is 13.8 Å². The molecule has 0 atom stereocenters. The number of methoxy groups -OCH3 is 1. The molecule has 0 saturated carbocycles. The minimum Gasteiger partial charge on any atom is -0.477 e. The second-order valence-corrected chi connectivity index (χ2v) is 4.61. The lowest BCUT2D eigenvalue weighted by molar-refractivity contribution is -0.385. The van der Waals surface area contributed by atoms with Crippen LogP contribution >= 0.6 is 0 Å². The van der Waals surface area contributed by atoms with Crippen LogP contribution in [0.2, 0.25) is 0 Å². The fourth-order valence-electron chi connectivity index (χ4n) is 1.36. The summed E-state index contributed by atoms with van der Waals surface area (Å²) in [6.45, 7) is 4.17. The quantitative estimate of drug-likeness (QED) is 0.605. The van der Waals surface area contributed by atoms with E-state index in [1.165, 1.54) is 18.2 Å². The molecule has 0 aromatic heterocycles. The molecule has 0 saturated heterocycles. The van der Waals surface area contributed by atoms with Gasteiger partial charge in [0.1, 0.15) is 5.56 Å². The van der Waals surface area contributed by atoms with Crippen molar-refractivity contribution < 1.29 is 19.6 Å². The van der Waals surface area contributed by atoms with Gasteiger partial charge in [0.2, 0.25) is 0 Å². The Labute approximate surface area is 110 Å². The molecule has 0 bridgehead atoms. The lowest BCUT2D eigenvalue weighted by atomic mass is 10.1. The standard InChI is InChI=1S/C12H16N2O5/c1-12(2,19-3)7-13-8-4-5-10(14(17)18)9(6-8)11(15)16/h4-6,13H,7H2,1-3H3,(H,15,16). The first-order valence-corrected chi connectivity index (χ1v) is 5.57. The number of carboxylic acid groups (broad SMARTS) is 1. The minimum atomic E-state index is -1.33. The largest absolute Gasteiger partial charge is 0.477 e. The topological polar surface area (TPSA) is 102 Å². The summed E-state index contributed by atoms with van der Waals surface area (Å²) >= 11 is 0. The van der Waals surface area contributed by atoms with Gasteiger partial charge in [0.25, 0.3) is 5.69 Å². The van der Waals surface area contributed by atoms with Gasteiger partial charge < -0.3 is 15.2 Å². The van der Waals surface area contributed by atoms with Crippen LogP contribution in [0.15, 0.2) is 18.2 Å². The van der Waals surface area contributed by atoms with Crippen LogP contribution in [0, 0.1) is 10.1 Å². The van der Waals surface area contributed by atoms with E-state index >= 15 is 0 Å². The summed E-state index contributed by atoms with van der Waals surface area (Å²) in [6, 6.07) is 3.88. The second-order valence-electron chi connectivity index (χ2n) is 4.61. The van der Waals surface area contributed by atoms with Crippen LogP contribution in [0.25, 0.3) is 0 Å². The van der Waals surface area contributed by atoms with Gasteiger partial charge in [-0.2, -0.15) is 0 Å². The summed E-state index contributed by atoms with van der Waals surface area (Å²) in [4.78, 5) is 21.0. The zero-order valence-electron chi connectivity index (χ0n) is 11.0. The van der Waals surface area contributed by atoms with E-state index in [1.54, 1.807) is 7.11 Å². The van der Waals surface area contributed by atoms with Gasteiger partial charge >= 0.3 is 5.97 Å². The fourth-order valence-corrected chi connectivity index (χ4v) is 1.36. The number of carbonyl (C=O) groups is 1. The molecule has 0 aliphatic carbocycles. The molecular formula is C12H16N2O5. The molecule has 0 spiro atoms. The van der Waals surface area contributed by atoms with Crippen molar-refractivity contribution in [2.75, 3.05) is 19.0 Å². The van der Waals surface area contributed by atoms with Gasteiger partial charge in [0, 0.05) is 25.4 Å². The summed E-state index contributed by atoms with van der Waals surface area (Å²) in [6.07, 6.45) is 0. The lowest BCUT2D eigenvalue weighted by Crippen LogP contribution is -2.32. The van der Waals surface area contributed by atoms with Gasteiger partial charge in [-0.25, -0.2) is 4.79 Å².